The Morgan fingerprint density at radius 1 is 1.08 bits per heavy atom. The van der Waals surface area contributed by atoms with E-state index in [1.807, 2.05) is 20.8 Å². The highest BCUT2D eigenvalue weighted by Gasteiger charge is 2.33. The van der Waals surface area contributed by atoms with E-state index in [2.05, 4.69) is 10.6 Å². The van der Waals surface area contributed by atoms with Crippen molar-refractivity contribution in [1.29, 1.82) is 0 Å². The van der Waals surface area contributed by atoms with Crippen LogP contribution in [0.2, 0.25) is 0 Å². The molecule has 0 saturated carbocycles. The van der Waals surface area contributed by atoms with Gasteiger partial charge in [0.1, 0.15) is 24.4 Å². The highest BCUT2D eigenvalue weighted by atomic mass is 16.5. The molecule has 1 saturated heterocycles. The second-order valence-electron chi connectivity index (χ2n) is 9.80. The van der Waals surface area contributed by atoms with E-state index in [-0.39, 0.29) is 36.3 Å². The molecular formula is C26H38N4O6. The minimum Gasteiger partial charge on any atom is -0.491 e. The lowest BCUT2D eigenvalue weighted by Crippen LogP contribution is -2.56. The number of aliphatic hydroxyl groups is 1. The van der Waals surface area contributed by atoms with Crippen LogP contribution in [-0.2, 0) is 14.4 Å². The Labute approximate surface area is 212 Å². The molecule has 3 N–H and O–H groups in total. The zero-order valence-corrected chi connectivity index (χ0v) is 21.4. The number of hydrogen-bond acceptors (Lipinski definition) is 6. The molecule has 0 aliphatic carbocycles. The molecule has 10 nitrogen and oxygen atoms in total. The van der Waals surface area contributed by atoms with Crippen molar-refractivity contribution in [2.24, 2.45) is 5.92 Å². The van der Waals surface area contributed by atoms with Gasteiger partial charge in [-0.05, 0) is 44.2 Å². The van der Waals surface area contributed by atoms with Crippen molar-refractivity contribution in [2.45, 2.75) is 64.6 Å². The molecule has 198 valence electrons. The molecule has 1 aromatic carbocycles. The number of para-hydroxylation sites is 1. The normalized spacial score (nSPS) is 22.5. The van der Waals surface area contributed by atoms with E-state index in [0.717, 1.165) is 0 Å². The SMILES string of the molecule is CCN1CCOc2ccccc2C(=O)N[C@@H](CC(=O)N2CCC(O)CC2)C(=O)N[C@@H](CC(C)C)C1=O. The maximum absolute atomic E-state index is 13.4. The van der Waals surface area contributed by atoms with Gasteiger partial charge in [-0.15, -0.1) is 0 Å². The number of nitrogens with one attached hydrogen (secondary N) is 2. The summed E-state index contributed by atoms with van der Waals surface area (Å²) in [5.74, 6) is -1.17. The van der Waals surface area contributed by atoms with Gasteiger partial charge in [0.25, 0.3) is 5.91 Å². The molecule has 0 aromatic heterocycles. The van der Waals surface area contributed by atoms with E-state index in [9.17, 15) is 24.3 Å². The fourth-order valence-electron chi connectivity index (χ4n) is 4.52. The van der Waals surface area contributed by atoms with Crippen LogP contribution in [0.3, 0.4) is 0 Å². The highest BCUT2D eigenvalue weighted by molar-refractivity contribution is 6.01. The number of hydrogen-bond donors (Lipinski definition) is 3. The summed E-state index contributed by atoms with van der Waals surface area (Å²) in [6.45, 7) is 7.49. The Kier molecular flexibility index (Phi) is 9.69. The zero-order chi connectivity index (χ0) is 26.2. The third-order valence-electron chi connectivity index (χ3n) is 6.58. The molecule has 1 fully saturated rings. The number of likely N-dealkylation sites (tertiary alicyclic amines) is 1. The smallest absolute Gasteiger partial charge is 0.255 e. The third kappa shape index (κ3) is 7.19. The molecular weight excluding hydrogens is 464 g/mol. The number of ether oxygens (including phenoxy) is 1. The quantitative estimate of drug-likeness (QED) is 0.550. The fraction of sp³-hybridized carbons (Fsp3) is 0.615. The van der Waals surface area contributed by atoms with Crippen molar-refractivity contribution < 1.29 is 29.0 Å². The van der Waals surface area contributed by atoms with Crippen LogP contribution in [0, 0.1) is 5.92 Å². The van der Waals surface area contributed by atoms with Crippen LogP contribution in [0.4, 0.5) is 0 Å². The number of rotatable bonds is 5. The van der Waals surface area contributed by atoms with Crippen LogP contribution in [-0.4, -0.2) is 89.5 Å². The summed E-state index contributed by atoms with van der Waals surface area (Å²) in [5.41, 5.74) is 0.246. The Morgan fingerprint density at radius 3 is 2.44 bits per heavy atom. The van der Waals surface area contributed by atoms with E-state index < -0.39 is 30.0 Å². The summed E-state index contributed by atoms with van der Waals surface area (Å²) < 4.78 is 5.86. The van der Waals surface area contributed by atoms with Crippen LogP contribution in [0.1, 0.15) is 56.8 Å². The first kappa shape index (κ1) is 27.4. The van der Waals surface area contributed by atoms with E-state index in [1.165, 1.54) is 0 Å². The third-order valence-corrected chi connectivity index (χ3v) is 6.58. The van der Waals surface area contributed by atoms with Gasteiger partial charge in [-0.1, -0.05) is 26.0 Å². The van der Waals surface area contributed by atoms with E-state index in [1.54, 1.807) is 34.1 Å². The van der Waals surface area contributed by atoms with Gasteiger partial charge in [-0.25, -0.2) is 0 Å². The number of benzene rings is 1. The first-order valence-electron chi connectivity index (χ1n) is 12.8. The van der Waals surface area contributed by atoms with Crippen LogP contribution in [0.25, 0.3) is 0 Å². The van der Waals surface area contributed by atoms with Crippen LogP contribution in [0.5, 0.6) is 5.75 Å². The molecule has 4 amide bonds. The predicted octanol–water partition coefficient (Wildman–Crippen LogP) is 0.930. The second-order valence-corrected chi connectivity index (χ2v) is 9.80. The number of aliphatic hydroxyl groups excluding tert-OH is 1. The zero-order valence-electron chi connectivity index (χ0n) is 21.4. The lowest BCUT2D eigenvalue weighted by molar-refractivity contribution is -0.139. The molecule has 36 heavy (non-hydrogen) atoms. The summed E-state index contributed by atoms with van der Waals surface area (Å²) in [7, 11) is 0. The Hall–Kier alpha value is -3.14. The molecule has 10 heteroatoms. The van der Waals surface area contributed by atoms with E-state index in [4.69, 9.17) is 4.74 Å². The molecule has 2 aliphatic heterocycles. The van der Waals surface area contributed by atoms with Crippen LogP contribution >= 0.6 is 0 Å². The summed E-state index contributed by atoms with van der Waals surface area (Å²) in [4.78, 5) is 56.2. The molecule has 1 aromatic rings. The van der Waals surface area contributed by atoms with Gasteiger partial charge in [-0.2, -0.15) is 0 Å². The second kappa shape index (κ2) is 12.7. The maximum atomic E-state index is 13.4. The van der Waals surface area contributed by atoms with Gasteiger partial charge < -0.3 is 30.3 Å². The lowest BCUT2D eigenvalue weighted by atomic mass is 10.0. The van der Waals surface area contributed by atoms with Gasteiger partial charge in [0, 0.05) is 19.6 Å². The number of fused-ring (bicyclic) bond motifs is 1. The van der Waals surface area contributed by atoms with Crippen molar-refractivity contribution in [2.75, 3.05) is 32.8 Å². The average Bonchev–Trinajstić information content (AvgIpc) is 2.85. The topological polar surface area (TPSA) is 128 Å². The average molecular weight is 503 g/mol. The van der Waals surface area contributed by atoms with Gasteiger partial charge in [0.15, 0.2) is 0 Å². The fourth-order valence-corrected chi connectivity index (χ4v) is 4.52. The molecule has 2 atom stereocenters. The van der Waals surface area contributed by atoms with Crippen molar-refractivity contribution in [3.05, 3.63) is 29.8 Å². The van der Waals surface area contributed by atoms with Gasteiger partial charge in [-0.3, -0.25) is 19.2 Å². The lowest BCUT2D eigenvalue weighted by Gasteiger charge is -2.31. The highest BCUT2D eigenvalue weighted by Crippen LogP contribution is 2.20. The minimum absolute atomic E-state index is 0.128. The van der Waals surface area contributed by atoms with Crippen molar-refractivity contribution >= 4 is 23.6 Å². The number of carbonyl (C=O) groups excluding carboxylic acids is 4. The van der Waals surface area contributed by atoms with Gasteiger partial charge in [0.05, 0.1) is 24.6 Å². The summed E-state index contributed by atoms with van der Waals surface area (Å²) in [5, 5.41) is 15.3. The number of piperidine rings is 1. The monoisotopic (exact) mass is 502 g/mol. The van der Waals surface area contributed by atoms with E-state index >= 15 is 0 Å². The number of nitrogens with zero attached hydrogens (tertiary/aromatic N) is 2. The first-order valence-corrected chi connectivity index (χ1v) is 12.8. The molecule has 0 spiro atoms. The molecule has 0 radical (unpaired) electrons. The van der Waals surface area contributed by atoms with Crippen molar-refractivity contribution in [3.8, 4) is 5.75 Å². The van der Waals surface area contributed by atoms with Crippen LogP contribution < -0.4 is 15.4 Å². The Balaban J connectivity index is 1.91. The first-order chi connectivity index (χ1) is 17.2. The molecule has 2 heterocycles. The standard InChI is InChI=1S/C26H38N4O6/c1-4-29-13-14-36-22-8-6-5-7-19(22)24(33)27-20(16-23(32)30-11-9-18(31)10-12-30)25(34)28-21(26(29)35)15-17(2)3/h5-8,17-18,20-21,31H,4,9-16H2,1-3H3,(H,27,33)(H,28,34)/t20-,21-/m0/s1. The summed E-state index contributed by atoms with van der Waals surface area (Å²) in [6.07, 6.45) is 0.662. The van der Waals surface area contributed by atoms with Gasteiger partial charge in [0.2, 0.25) is 17.7 Å². The van der Waals surface area contributed by atoms with E-state index in [0.29, 0.717) is 51.2 Å². The molecule has 3 rings (SSSR count). The minimum atomic E-state index is -1.18. The maximum Gasteiger partial charge on any atom is 0.255 e. The van der Waals surface area contributed by atoms with Crippen molar-refractivity contribution in [1.82, 2.24) is 20.4 Å². The summed E-state index contributed by atoms with van der Waals surface area (Å²) in [6, 6.07) is 4.72. The van der Waals surface area contributed by atoms with Gasteiger partial charge >= 0.3 is 0 Å². The number of likely N-dealkylation sites (N-methyl/N-ethyl adjacent to an activating group) is 1. The predicted molar refractivity (Wildman–Crippen MR) is 133 cm³/mol. The largest absolute Gasteiger partial charge is 0.491 e. The number of amides is 4. The molecule has 2 aliphatic rings. The molecule has 0 bridgehead atoms. The Bertz CT molecular complexity index is 944. The molecule has 0 unspecified atom stereocenters. The van der Waals surface area contributed by atoms with Crippen LogP contribution in [0.15, 0.2) is 24.3 Å². The summed E-state index contributed by atoms with van der Waals surface area (Å²) >= 11 is 0. The number of carbonyl (C=O) groups is 4. The van der Waals surface area contributed by atoms with Crippen molar-refractivity contribution in [3.63, 3.8) is 0 Å². The Morgan fingerprint density at radius 2 is 1.78 bits per heavy atom.